The molecule has 1 aromatic rings. The number of rotatable bonds is 6. The Morgan fingerprint density at radius 2 is 1.85 bits per heavy atom. The molecular weight excluding hydrogens is 262 g/mol. The Morgan fingerprint density at radius 1 is 1.10 bits per heavy atom. The minimum Gasteiger partial charge on any atom is -0.480 e. The number of hydrogen-bond acceptors (Lipinski definition) is 3. The molecule has 0 heterocycles. The number of benzene rings is 1. The Hall–Kier alpha value is -2.57. The van der Waals surface area contributed by atoms with Crippen molar-refractivity contribution < 1.29 is 19.5 Å². The fraction of sp³-hybridized carbons (Fsp3) is 0.308. The molecule has 0 atom stereocenters. The number of carboxylic acids is 1. The Balaban J connectivity index is 2.23. The van der Waals surface area contributed by atoms with Crippen LogP contribution in [-0.4, -0.2) is 36.1 Å². The van der Waals surface area contributed by atoms with Crippen molar-refractivity contribution in [3.05, 3.63) is 35.4 Å². The summed E-state index contributed by atoms with van der Waals surface area (Å²) in [5.41, 5.74) is 2.05. The van der Waals surface area contributed by atoms with E-state index in [0.717, 1.165) is 11.1 Å². The minimum atomic E-state index is -1.14. The number of aryl methyl sites for hydroxylation is 1. The highest BCUT2D eigenvalue weighted by atomic mass is 16.4. The standard InChI is InChI=1S/C13H17N3O4/c1-9-3-2-4-10(5-9)6-15-13(20)16-7-11(17)14-8-12(18)19/h2-5H,6-8H2,1H3,(H,14,17)(H,18,19)(H2,15,16,20). The van der Waals surface area contributed by atoms with Gasteiger partial charge in [-0.05, 0) is 12.5 Å². The molecule has 0 radical (unpaired) electrons. The first kappa shape index (κ1) is 15.5. The van der Waals surface area contributed by atoms with Crippen LogP contribution in [0.3, 0.4) is 0 Å². The van der Waals surface area contributed by atoms with E-state index in [-0.39, 0.29) is 6.54 Å². The normalized spacial score (nSPS) is 9.65. The molecule has 0 bridgehead atoms. The van der Waals surface area contributed by atoms with Crippen molar-refractivity contribution >= 4 is 17.9 Å². The van der Waals surface area contributed by atoms with Crippen LogP contribution in [0.5, 0.6) is 0 Å². The van der Waals surface area contributed by atoms with E-state index in [0.29, 0.717) is 6.54 Å². The molecule has 0 unspecified atom stereocenters. The highest BCUT2D eigenvalue weighted by Gasteiger charge is 2.06. The lowest BCUT2D eigenvalue weighted by molar-refractivity contribution is -0.137. The molecular formula is C13H17N3O4. The largest absolute Gasteiger partial charge is 0.480 e. The van der Waals surface area contributed by atoms with Crippen molar-refractivity contribution in [3.63, 3.8) is 0 Å². The highest BCUT2D eigenvalue weighted by molar-refractivity contribution is 5.86. The number of hydrogen-bond donors (Lipinski definition) is 4. The maximum Gasteiger partial charge on any atom is 0.322 e. The number of carboxylic acid groups (broad SMARTS) is 1. The fourth-order valence-electron chi connectivity index (χ4n) is 1.46. The summed E-state index contributed by atoms with van der Waals surface area (Å²) in [7, 11) is 0. The smallest absolute Gasteiger partial charge is 0.322 e. The summed E-state index contributed by atoms with van der Waals surface area (Å²) in [6.45, 7) is 1.57. The summed E-state index contributed by atoms with van der Waals surface area (Å²) in [6, 6.07) is 7.18. The monoisotopic (exact) mass is 279 g/mol. The molecule has 108 valence electrons. The van der Waals surface area contributed by atoms with Gasteiger partial charge in [0.25, 0.3) is 0 Å². The van der Waals surface area contributed by atoms with Gasteiger partial charge in [0.05, 0.1) is 6.54 Å². The molecule has 0 aromatic heterocycles. The SMILES string of the molecule is Cc1cccc(CNC(=O)NCC(=O)NCC(=O)O)c1. The Bertz CT molecular complexity index is 502. The molecule has 7 heteroatoms. The Labute approximate surface area is 116 Å². The summed E-state index contributed by atoms with van der Waals surface area (Å²) in [5.74, 6) is -1.69. The maximum absolute atomic E-state index is 11.4. The van der Waals surface area contributed by atoms with Gasteiger partial charge in [0.15, 0.2) is 0 Å². The Kier molecular flexibility index (Phi) is 6.02. The molecule has 0 saturated heterocycles. The van der Waals surface area contributed by atoms with Gasteiger partial charge in [0.2, 0.25) is 5.91 Å². The van der Waals surface area contributed by atoms with Crippen molar-refractivity contribution in [1.82, 2.24) is 16.0 Å². The van der Waals surface area contributed by atoms with Crippen LogP contribution in [-0.2, 0) is 16.1 Å². The van der Waals surface area contributed by atoms with Crippen LogP contribution in [0.2, 0.25) is 0 Å². The number of amides is 3. The van der Waals surface area contributed by atoms with Crippen LogP contribution >= 0.6 is 0 Å². The molecule has 0 aliphatic heterocycles. The lowest BCUT2D eigenvalue weighted by Crippen LogP contribution is -2.42. The molecule has 4 N–H and O–H groups in total. The second-order valence-corrected chi connectivity index (χ2v) is 4.20. The second kappa shape index (κ2) is 7.78. The van der Waals surface area contributed by atoms with Crippen molar-refractivity contribution in [2.45, 2.75) is 13.5 Å². The molecule has 0 aliphatic carbocycles. The third kappa shape index (κ3) is 6.39. The molecule has 1 rings (SSSR count). The van der Waals surface area contributed by atoms with Gasteiger partial charge in [-0.1, -0.05) is 29.8 Å². The number of nitrogens with one attached hydrogen (secondary N) is 3. The molecule has 3 amide bonds. The molecule has 20 heavy (non-hydrogen) atoms. The van der Waals surface area contributed by atoms with Crippen LogP contribution in [0.15, 0.2) is 24.3 Å². The van der Waals surface area contributed by atoms with Crippen molar-refractivity contribution in [3.8, 4) is 0 Å². The number of urea groups is 1. The van der Waals surface area contributed by atoms with E-state index < -0.39 is 24.5 Å². The van der Waals surface area contributed by atoms with Crippen molar-refractivity contribution in [1.29, 1.82) is 0 Å². The first-order valence-electron chi connectivity index (χ1n) is 6.03. The van der Waals surface area contributed by atoms with Gasteiger partial charge in [0, 0.05) is 6.54 Å². The van der Waals surface area contributed by atoms with E-state index in [1.165, 1.54) is 0 Å². The van der Waals surface area contributed by atoms with E-state index in [9.17, 15) is 14.4 Å². The van der Waals surface area contributed by atoms with Crippen molar-refractivity contribution in [2.24, 2.45) is 0 Å². The van der Waals surface area contributed by atoms with E-state index in [1.54, 1.807) is 0 Å². The zero-order valence-corrected chi connectivity index (χ0v) is 11.1. The van der Waals surface area contributed by atoms with Gasteiger partial charge in [0.1, 0.15) is 6.54 Å². The van der Waals surface area contributed by atoms with Crippen LogP contribution in [0.1, 0.15) is 11.1 Å². The molecule has 0 fully saturated rings. The van der Waals surface area contributed by atoms with E-state index in [4.69, 9.17) is 5.11 Å². The van der Waals surface area contributed by atoms with Gasteiger partial charge in [-0.3, -0.25) is 9.59 Å². The van der Waals surface area contributed by atoms with Crippen LogP contribution < -0.4 is 16.0 Å². The first-order valence-corrected chi connectivity index (χ1v) is 6.03. The van der Waals surface area contributed by atoms with Crippen LogP contribution in [0.4, 0.5) is 4.79 Å². The van der Waals surface area contributed by atoms with Crippen LogP contribution in [0, 0.1) is 6.92 Å². The lowest BCUT2D eigenvalue weighted by atomic mass is 10.1. The predicted octanol–water partition coefficient (Wildman–Crippen LogP) is -0.00498. The predicted molar refractivity (Wildman–Crippen MR) is 72.1 cm³/mol. The quantitative estimate of drug-likeness (QED) is 0.587. The summed E-state index contributed by atoms with van der Waals surface area (Å²) in [6.07, 6.45) is 0. The van der Waals surface area contributed by atoms with E-state index in [1.807, 2.05) is 31.2 Å². The number of carbonyl (C=O) groups is 3. The zero-order valence-electron chi connectivity index (χ0n) is 11.1. The lowest BCUT2D eigenvalue weighted by Gasteiger charge is -2.08. The molecule has 0 saturated carbocycles. The van der Waals surface area contributed by atoms with Gasteiger partial charge < -0.3 is 21.1 Å². The van der Waals surface area contributed by atoms with Gasteiger partial charge in [-0.2, -0.15) is 0 Å². The Morgan fingerprint density at radius 3 is 2.50 bits per heavy atom. The van der Waals surface area contributed by atoms with Gasteiger partial charge in [-0.25, -0.2) is 4.79 Å². The second-order valence-electron chi connectivity index (χ2n) is 4.20. The molecule has 0 spiro atoms. The average Bonchev–Trinajstić information content (AvgIpc) is 2.40. The van der Waals surface area contributed by atoms with Gasteiger partial charge >= 0.3 is 12.0 Å². The summed E-state index contributed by atoms with van der Waals surface area (Å²) >= 11 is 0. The topological polar surface area (TPSA) is 108 Å². The molecule has 7 nitrogen and oxygen atoms in total. The fourth-order valence-corrected chi connectivity index (χ4v) is 1.46. The number of carbonyl (C=O) groups excluding carboxylic acids is 2. The third-order valence-electron chi connectivity index (χ3n) is 2.38. The van der Waals surface area contributed by atoms with E-state index >= 15 is 0 Å². The first-order chi connectivity index (χ1) is 9.47. The van der Waals surface area contributed by atoms with E-state index in [2.05, 4.69) is 16.0 Å². The highest BCUT2D eigenvalue weighted by Crippen LogP contribution is 2.02. The molecule has 0 aliphatic rings. The minimum absolute atomic E-state index is 0.271. The van der Waals surface area contributed by atoms with Gasteiger partial charge in [-0.15, -0.1) is 0 Å². The zero-order chi connectivity index (χ0) is 15.0. The summed E-state index contributed by atoms with van der Waals surface area (Å²) in [5, 5.41) is 15.4. The van der Waals surface area contributed by atoms with Crippen LogP contribution in [0.25, 0.3) is 0 Å². The summed E-state index contributed by atoms with van der Waals surface area (Å²) < 4.78 is 0. The molecule has 1 aromatic carbocycles. The van der Waals surface area contributed by atoms with Crippen molar-refractivity contribution in [2.75, 3.05) is 13.1 Å². The third-order valence-corrected chi connectivity index (χ3v) is 2.38. The average molecular weight is 279 g/mol. The number of aliphatic carboxylic acids is 1. The maximum atomic E-state index is 11.4. The summed E-state index contributed by atoms with van der Waals surface area (Å²) in [4.78, 5) is 32.8.